The van der Waals surface area contributed by atoms with Gasteiger partial charge in [0.05, 0.1) is 0 Å². The molecule has 1 aromatic rings. The molecule has 0 fully saturated rings. The van der Waals surface area contributed by atoms with Crippen LogP contribution in [0.4, 0.5) is 0 Å². The maximum atomic E-state index is 12.0. The third-order valence-electron chi connectivity index (χ3n) is 2.93. The molecule has 0 saturated heterocycles. The molecule has 1 aromatic carbocycles. The van der Waals surface area contributed by atoms with Crippen LogP contribution in [0.25, 0.3) is 0 Å². The van der Waals surface area contributed by atoms with Crippen molar-refractivity contribution in [1.29, 1.82) is 0 Å². The molecule has 0 bridgehead atoms. The van der Waals surface area contributed by atoms with Gasteiger partial charge in [-0.2, -0.15) is 0 Å². The summed E-state index contributed by atoms with van der Waals surface area (Å²) >= 11 is 0. The molecule has 19 heavy (non-hydrogen) atoms. The highest BCUT2D eigenvalue weighted by molar-refractivity contribution is 5.82. The number of carbonyl (C=O) groups excluding carboxylic acids is 1. The second-order valence-electron chi connectivity index (χ2n) is 6.01. The number of hydrogen-bond donors (Lipinski definition) is 2. The third-order valence-corrected chi connectivity index (χ3v) is 2.93. The largest absolute Gasteiger partial charge is 0.354 e. The number of carbonyl (C=O) groups is 1. The van der Waals surface area contributed by atoms with Crippen LogP contribution in [0.3, 0.4) is 0 Å². The maximum Gasteiger partial charge on any atom is 0.241 e. The Balaban J connectivity index is 2.52. The smallest absolute Gasteiger partial charge is 0.241 e. The maximum absolute atomic E-state index is 12.0. The molecule has 1 amide bonds. The molecule has 0 aromatic heterocycles. The van der Waals surface area contributed by atoms with Crippen LogP contribution < -0.4 is 11.1 Å². The fourth-order valence-corrected chi connectivity index (χ4v) is 2.16. The summed E-state index contributed by atoms with van der Waals surface area (Å²) in [6, 6.07) is 8.83. The summed E-state index contributed by atoms with van der Waals surface area (Å²) in [5.74, 6) is -0.127. The molecule has 1 rings (SSSR count). The molecule has 3 N–H and O–H groups in total. The molecule has 0 aliphatic rings. The molecule has 0 unspecified atom stereocenters. The molecule has 4 heteroatoms. The van der Waals surface area contributed by atoms with E-state index in [0.717, 1.165) is 12.1 Å². The minimum Gasteiger partial charge on any atom is -0.354 e. The SMILES string of the molecule is CN(C)CC(C)(C)CNC(=O)[C@@H](N)c1ccccc1. The summed E-state index contributed by atoms with van der Waals surface area (Å²) in [4.78, 5) is 14.1. The van der Waals surface area contributed by atoms with Crippen molar-refractivity contribution < 1.29 is 4.79 Å². The monoisotopic (exact) mass is 263 g/mol. The average molecular weight is 263 g/mol. The second kappa shape index (κ2) is 6.68. The summed E-state index contributed by atoms with van der Waals surface area (Å²) < 4.78 is 0. The number of hydrogen-bond acceptors (Lipinski definition) is 3. The Hall–Kier alpha value is -1.39. The van der Waals surface area contributed by atoms with Crippen LogP contribution in [0.1, 0.15) is 25.5 Å². The van der Waals surface area contributed by atoms with Crippen molar-refractivity contribution in [2.24, 2.45) is 11.1 Å². The molecule has 4 nitrogen and oxygen atoms in total. The Labute approximate surface area is 116 Å². The number of nitrogens with one attached hydrogen (secondary N) is 1. The van der Waals surface area contributed by atoms with E-state index in [9.17, 15) is 4.79 Å². The molecular weight excluding hydrogens is 238 g/mol. The molecule has 0 radical (unpaired) electrons. The van der Waals surface area contributed by atoms with Crippen LogP contribution in [0.15, 0.2) is 30.3 Å². The fourth-order valence-electron chi connectivity index (χ4n) is 2.16. The summed E-state index contributed by atoms with van der Waals surface area (Å²) in [6.45, 7) is 5.78. The zero-order chi connectivity index (χ0) is 14.5. The highest BCUT2D eigenvalue weighted by Gasteiger charge is 2.22. The predicted molar refractivity (Wildman–Crippen MR) is 78.7 cm³/mol. The van der Waals surface area contributed by atoms with Crippen molar-refractivity contribution in [3.63, 3.8) is 0 Å². The lowest BCUT2D eigenvalue weighted by atomic mass is 9.92. The molecule has 0 saturated carbocycles. The van der Waals surface area contributed by atoms with E-state index < -0.39 is 6.04 Å². The first-order chi connectivity index (χ1) is 8.82. The molecule has 0 aliphatic heterocycles. The van der Waals surface area contributed by atoms with Crippen molar-refractivity contribution in [3.8, 4) is 0 Å². The van der Waals surface area contributed by atoms with Gasteiger partial charge in [-0.3, -0.25) is 4.79 Å². The van der Waals surface area contributed by atoms with E-state index in [1.54, 1.807) is 0 Å². The number of benzene rings is 1. The Morgan fingerprint density at radius 3 is 2.42 bits per heavy atom. The van der Waals surface area contributed by atoms with Gasteiger partial charge >= 0.3 is 0 Å². The fraction of sp³-hybridized carbons (Fsp3) is 0.533. The summed E-state index contributed by atoms with van der Waals surface area (Å²) in [7, 11) is 4.05. The van der Waals surface area contributed by atoms with E-state index in [-0.39, 0.29) is 11.3 Å². The number of amides is 1. The van der Waals surface area contributed by atoms with E-state index in [2.05, 4.69) is 24.1 Å². The number of nitrogens with zero attached hydrogens (tertiary/aromatic N) is 1. The molecule has 0 spiro atoms. The lowest BCUT2D eigenvalue weighted by Crippen LogP contribution is -2.43. The lowest BCUT2D eigenvalue weighted by Gasteiger charge is -2.29. The zero-order valence-electron chi connectivity index (χ0n) is 12.3. The van der Waals surface area contributed by atoms with E-state index in [4.69, 9.17) is 5.73 Å². The van der Waals surface area contributed by atoms with Gasteiger partial charge in [-0.25, -0.2) is 0 Å². The third kappa shape index (κ3) is 5.41. The van der Waals surface area contributed by atoms with E-state index in [1.165, 1.54) is 0 Å². The van der Waals surface area contributed by atoms with Gasteiger partial charge in [0, 0.05) is 13.1 Å². The highest BCUT2D eigenvalue weighted by atomic mass is 16.2. The van der Waals surface area contributed by atoms with Gasteiger partial charge in [0.25, 0.3) is 0 Å². The Bertz CT molecular complexity index is 401. The van der Waals surface area contributed by atoms with Gasteiger partial charge < -0.3 is 16.0 Å². The van der Waals surface area contributed by atoms with Crippen molar-refractivity contribution in [3.05, 3.63) is 35.9 Å². The highest BCUT2D eigenvalue weighted by Crippen LogP contribution is 2.15. The van der Waals surface area contributed by atoms with Gasteiger partial charge in [-0.15, -0.1) is 0 Å². The molecule has 1 atom stereocenters. The van der Waals surface area contributed by atoms with Gasteiger partial charge in [-0.1, -0.05) is 44.2 Å². The zero-order valence-corrected chi connectivity index (χ0v) is 12.3. The van der Waals surface area contributed by atoms with Crippen molar-refractivity contribution in [1.82, 2.24) is 10.2 Å². The van der Waals surface area contributed by atoms with Crippen LogP contribution in [-0.4, -0.2) is 38.0 Å². The predicted octanol–water partition coefficient (Wildman–Crippen LogP) is 1.39. The Morgan fingerprint density at radius 1 is 1.32 bits per heavy atom. The van der Waals surface area contributed by atoms with Crippen LogP contribution >= 0.6 is 0 Å². The van der Waals surface area contributed by atoms with Gasteiger partial charge in [0.15, 0.2) is 0 Å². The van der Waals surface area contributed by atoms with Gasteiger partial charge in [-0.05, 0) is 25.1 Å². The lowest BCUT2D eigenvalue weighted by molar-refractivity contribution is -0.123. The number of rotatable bonds is 6. The minimum absolute atomic E-state index is 0.0234. The first-order valence-electron chi connectivity index (χ1n) is 6.55. The Morgan fingerprint density at radius 2 is 1.89 bits per heavy atom. The molecule has 106 valence electrons. The quantitative estimate of drug-likeness (QED) is 0.815. The standard InChI is InChI=1S/C15H25N3O/c1-15(2,11-18(3)4)10-17-14(19)13(16)12-8-6-5-7-9-12/h5-9,13H,10-11,16H2,1-4H3,(H,17,19)/t13-/m0/s1. The van der Waals surface area contributed by atoms with E-state index in [1.807, 2.05) is 44.4 Å². The second-order valence-corrected chi connectivity index (χ2v) is 6.01. The number of nitrogens with two attached hydrogens (primary N) is 1. The van der Waals surface area contributed by atoms with Crippen molar-refractivity contribution in [2.45, 2.75) is 19.9 Å². The summed E-state index contributed by atoms with van der Waals surface area (Å²) in [5, 5.41) is 2.94. The normalized spacial score (nSPS) is 13.4. The van der Waals surface area contributed by atoms with Crippen LogP contribution in [0.2, 0.25) is 0 Å². The Kier molecular flexibility index (Phi) is 5.51. The summed E-state index contributed by atoms with van der Waals surface area (Å²) in [6.07, 6.45) is 0. The van der Waals surface area contributed by atoms with Crippen LogP contribution in [0.5, 0.6) is 0 Å². The van der Waals surface area contributed by atoms with Crippen LogP contribution in [-0.2, 0) is 4.79 Å². The van der Waals surface area contributed by atoms with Gasteiger partial charge in [0.2, 0.25) is 5.91 Å². The molecule has 0 aliphatic carbocycles. The first-order valence-corrected chi connectivity index (χ1v) is 6.55. The summed E-state index contributed by atoms with van der Waals surface area (Å²) in [5.41, 5.74) is 6.81. The molecule has 0 heterocycles. The van der Waals surface area contributed by atoms with Crippen molar-refractivity contribution >= 4 is 5.91 Å². The van der Waals surface area contributed by atoms with E-state index in [0.29, 0.717) is 6.54 Å². The average Bonchev–Trinajstić information content (AvgIpc) is 2.34. The minimum atomic E-state index is -0.601. The van der Waals surface area contributed by atoms with E-state index >= 15 is 0 Å². The van der Waals surface area contributed by atoms with Crippen LogP contribution in [0, 0.1) is 5.41 Å². The molecular formula is C15H25N3O. The van der Waals surface area contributed by atoms with Crippen molar-refractivity contribution in [2.75, 3.05) is 27.2 Å². The first kappa shape index (κ1) is 15.7. The topological polar surface area (TPSA) is 58.4 Å². The van der Waals surface area contributed by atoms with Gasteiger partial charge in [0.1, 0.15) is 6.04 Å².